The van der Waals surface area contributed by atoms with Crippen LogP contribution in [0.5, 0.6) is 0 Å². The normalized spacial score (nSPS) is 11.1. The van der Waals surface area contributed by atoms with Crippen molar-refractivity contribution in [2.45, 2.75) is 0 Å². The molecule has 0 atom stereocenters. The molecule has 0 saturated heterocycles. The molecule has 0 radical (unpaired) electrons. The van der Waals surface area contributed by atoms with Crippen LogP contribution in [-0.4, -0.2) is 25.8 Å². The minimum Gasteiger partial charge on any atom is -0.423 e. The van der Waals surface area contributed by atoms with E-state index in [0.717, 1.165) is 11.1 Å². The first kappa shape index (κ1) is 16.0. The van der Waals surface area contributed by atoms with Crippen LogP contribution in [0.4, 0.5) is 11.8 Å². The number of aromatic nitrogens is 4. The molecule has 3 heterocycles. The average molecular weight is 370 g/mol. The lowest BCUT2D eigenvalue weighted by Crippen LogP contribution is -2.12. The molecule has 0 spiro atoms. The van der Waals surface area contributed by atoms with E-state index in [9.17, 15) is 4.79 Å². The smallest absolute Gasteiger partial charge is 0.302 e. The highest BCUT2D eigenvalue weighted by Crippen LogP contribution is 2.27. The second kappa shape index (κ2) is 6.20. The first-order valence-corrected chi connectivity index (χ1v) is 8.54. The summed E-state index contributed by atoms with van der Waals surface area (Å²) >= 11 is 0. The number of H-pyrrole nitrogens is 1. The van der Waals surface area contributed by atoms with Gasteiger partial charge in [-0.1, -0.05) is 36.4 Å². The van der Waals surface area contributed by atoms with E-state index in [1.54, 1.807) is 0 Å². The van der Waals surface area contributed by atoms with Crippen LogP contribution in [-0.2, 0) is 0 Å². The van der Waals surface area contributed by atoms with Crippen molar-refractivity contribution in [1.29, 1.82) is 0 Å². The lowest BCUT2D eigenvalue weighted by molar-refractivity contribution is 0.102. The Labute approximate surface area is 158 Å². The highest BCUT2D eigenvalue weighted by molar-refractivity contribution is 6.14. The molecule has 1 amide bonds. The molecule has 0 aliphatic rings. The maximum atomic E-state index is 12.7. The van der Waals surface area contributed by atoms with Crippen molar-refractivity contribution in [2.75, 3.05) is 11.1 Å². The number of nitrogens with two attached hydrogens (primary N) is 1. The van der Waals surface area contributed by atoms with Gasteiger partial charge < -0.3 is 15.1 Å². The molecule has 28 heavy (non-hydrogen) atoms. The summed E-state index contributed by atoms with van der Waals surface area (Å²) in [7, 11) is 0. The van der Waals surface area contributed by atoms with Gasteiger partial charge in [-0.3, -0.25) is 10.1 Å². The number of aromatic amines is 1. The van der Waals surface area contributed by atoms with E-state index in [0.29, 0.717) is 27.7 Å². The summed E-state index contributed by atoms with van der Waals surface area (Å²) in [4.78, 5) is 27.9. The number of amides is 1. The van der Waals surface area contributed by atoms with Crippen LogP contribution in [0.25, 0.3) is 33.3 Å². The summed E-state index contributed by atoms with van der Waals surface area (Å²) < 4.78 is 5.65. The number of carbonyl (C=O) groups excluding carboxylic acids is 1. The second-order valence-electron chi connectivity index (χ2n) is 6.21. The van der Waals surface area contributed by atoms with Crippen LogP contribution < -0.4 is 11.1 Å². The lowest BCUT2D eigenvalue weighted by Gasteiger charge is -2.00. The van der Waals surface area contributed by atoms with E-state index in [1.807, 2.05) is 48.5 Å². The Hall–Kier alpha value is -4.20. The van der Waals surface area contributed by atoms with Gasteiger partial charge in [0.1, 0.15) is 23.3 Å². The van der Waals surface area contributed by atoms with Gasteiger partial charge >= 0.3 is 6.01 Å². The van der Waals surface area contributed by atoms with Crippen molar-refractivity contribution >= 4 is 39.9 Å². The standard InChI is InChI=1S/C20H14N6O2/c21-17-16-13(9-22-18(16)24-10-23-17)19(27)26-20-25-14-8-12(6-7-15(14)28-20)11-4-2-1-3-5-11/h1-10H,(H,25,26,27)(H3,21,22,23,24). The molecule has 0 unspecified atom stereocenters. The number of hydrogen-bond donors (Lipinski definition) is 3. The molecule has 136 valence electrons. The summed E-state index contributed by atoms with van der Waals surface area (Å²) in [6.07, 6.45) is 2.86. The molecule has 2 aromatic carbocycles. The molecular formula is C20H14N6O2. The zero-order chi connectivity index (χ0) is 19.1. The molecule has 8 nitrogen and oxygen atoms in total. The van der Waals surface area contributed by atoms with Crippen molar-refractivity contribution < 1.29 is 9.21 Å². The number of nitrogens with zero attached hydrogens (tertiary/aromatic N) is 3. The number of hydrogen-bond acceptors (Lipinski definition) is 6. The molecule has 0 saturated carbocycles. The maximum absolute atomic E-state index is 12.7. The number of rotatable bonds is 3. The fourth-order valence-corrected chi connectivity index (χ4v) is 3.12. The molecule has 0 bridgehead atoms. The molecule has 4 N–H and O–H groups in total. The third-order valence-electron chi connectivity index (χ3n) is 4.46. The van der Waals surface area contributed by atoms with E-state index in [1.165, 1.54) is 12.5 Å². The Morgan fingerprint density at radius 2 is 1.93 bits per heavy atom. The third kappa shape index (κ3) is 2.64. The largest absolute Gasteiger partial charge is 0.423 e. The lowest BCUT2D eigenvalue weighted by atomic mass is 10.1. The fourth-order valence-electron chi connectivity index (χ4n) is 3.12. The van der Waals surface area contributed by atoms with Gasteiger partial charge in [0.05, 0.1) is 10.9 Å². The summed E-state index contributed by atoms with van der Waals surface area (Å²) in [6, 6.07) is 15.8. The Morgan fingerprint density at radius 1 is 1.07 bits per heavy atom. The molecule has 0 aliphatic carbocycles. The van der Waals surface area contributed by atoms with E-state index >= 15 is 0 Å². The number of nitrogen functional groups attached to an aromatic ring is 1. The molecule has 0 fully saturated rings. The maximum Gasteiger partial charge on any atom is 0.302 e. The quantitative estimate of drug-likeness (QED) is 0.446. The summed E-state index contributed by atoms with van der Waals surface area (Å²) in [5.74, 6) is -0.191. The minimum absolute atomic E-state index is 0.106. The van der Waals surface area contributed by atoms with E-state index in [-0.39, 0.29) is 11.8 Å². The predicted molar refractivity (Wildman–Crippen MR) is 106 cm³/mol. The van der Waals surface area contributed by atoms with Crippen molar-refractivity contribution in [3.8, 4) is 11.1 Å². The number of oxazole rings is 1. The van der Waals surface area contributed by atoms with Crippen LogP contribution in [0.1, 0.15) is 10.4 Å². The molecular weight excluding hydrogens is 356 g/mol. The van der Waals surface area contributed by atoms with Crippen molar-refractivity contribution in [1.82, 2.24) is 19.9 Å². The van der Waals surface area contributed by atoms with Crippen LogP contribution in [0.15, 0.2) is 65.5 Å². The van der Waals surface area contributed by atoms with Crippen LogP contribution in [0, 0.1) is 0 Å². The first-order valence-electron chi connectivity index (χ1n) is 8.54. The minimum atomic E-state index is -0.414. The van der Waals surface area contributed by atoms with E-state index in [2.05, 4.69) is 25.3 Å². The first-order chi connectivity index (χ1) is 13.7. The average Bonchev–Trinajstić information content (AvgIpc) is 3.32. The number of benzene rings is 2. The van der Waals surface area contributed by atoms with E-state index < -0.39 is 5.91 Å². The monoisotopic (exact) mass is 370 g/mol. The van der Waals surface area contributed by atoms with Crippen LogP contribution in [0.3, 0.4) is 0 Å². The van der Waals surface area contributed by atoms with Gasteiger partial charge in [-0.25, -0.2) is 9.97 Å². The highest BCUT2D eigenvalue weighted by atomic mass is 16.4. The zero-order valence-corrected chi connectivity index (χ0v) is 14.5. The predicted octanol–water partition coefficient (Wildman–Crippen LogP) is 3.60. The molecule has 0 aliphatic heterocycles. The van der Waals surface area contributed by atoms with Crippen LogP contribution >= 0.6 is 0 Å². The van der Waals surface area contributed by atoms with Gasteiger partial charge in [0, 0.05) is 6.20 Å². The Morgan fingerprint density at radius 3 is 2.79 bits per heavy atom. The number of fused-ring (bicyclic) bond motifs is 2. The highest BCUT2D eigenvalue weighted by Gasteiger charge is 2.18. The molecule has 3 aromatic heterocycles. The summed E-state index contributed by atoms with van der Waals surface area (Å²) in [5, 5.41) is 3.13. The van der Waals surface area contributed by atoms with E-state index in [4.69, 9.17) is 10.2 Å². The molecule has 5 rings (SSSR count). The molecule has 8 heteroatoms. The van der Waals surface area contributed by atoms with Crippen molar-refractivity contribution in [2.24, 2.45) is 0 Å². The van der Waals surface area contributed by atoms with Gasteiger partial charge in [-0.2, -0.15) is 4.98 Å². The Bertz CT molecular complexity index is 1320. The van der Waals surface area contributed by atoms with Gasteiger partial charge in [0.25, 0.3) is 5.91 Å². The van der Waals surface area contributed by atoms with Crippen molar-refractivity contribution in [3.63, 3.8) is 0 Å². The zero-order valence-electron chi connectivity index (χ0n) is 14.5. The topological polar surface area (TPSA) is 123 Å². The fraction of sp³-hybridized carbons (Fsp3) is 0. The van der Waals surface area contributed by atoms with Gasteiger partial charge in [0.2, 0.25) is 0 Å². The van der Waals surface area contributed by atoms with Gasteiger partial charge in [-0.15, -0.1) is 0 Å². The summed E-state index contributed by atoms with van der Waals surface area (Å²) in [5.41, 5.74) is 10.0. The number of carbonyl (C=O) groups is 1. The number of nitrogens with one attached hydrogen (secondary N) is 2. The number of anilines is 2. The second-order valence-corrected chi connectivity index (χ2v) is 6.21. The van der Waals surface area contributed by atoms with Crippen molar-refractivity contribution in [3.05, 3.63) is 66.6 Å². The summed E-state index contributed by atoms with van der Waals surface area (Å²) in [6.45, 7) is 0. The molecule has 5 aromatic rings. The van der Waals surface area contributed by atoms with Gasteiger partial charge in [-0.05, 0) is 23.3 Å². The SMILES string of the molecule is Nc1ncnc2[nH]cc(C(=O)Nc3nc4cc(-c5ccccc5)ccc4o3)c12. The third-order valence-corrected chi connectivity index (χ3v) is 4.46. The Balaban J connectivity index is 1.47. The van der Waals surface area contributed by atoms with Crippen LogP contribution in [0.2, 0.25) is 0 Å². The Kier molecular flexibility index (Phi) is 3.55. The van der Waals surface area contributed by atoms with Gasteiger partial charge in [0.15, 0.2) is 5.58 Å².